The molecule has 3 rings (SSSR count). The van der Waals surface area contributed by atoms with E-state index >= 15 is 0 Å². The summed E-state index contributed by atoms with van der Waals surface area (Å²) in [6, 6.07) is 15.3. The summed E-state index contributed by atoms with van der Waals surface area (Å²) in [5, 5.41) is 4.87. The number of hydrogen-bond donors (Lipinski definition) is 2. The van der Waals surface area contributed by atoms with E-state index in [4.69, 9.17) is 0 Å². The van der Waals surface area contributed by atoms with Crippen LogP contribution in [0.15, 0.2) is 66.9 Å². The lowest BCUT2D eigenvalue weighted by molar-refractivity contribution is 0.0950. The molecule has 0 radical (unpaired) electrons. The van der Waals surface area contributed by atoms with Gasteiger partial charge in [-0.1, -0.05) is 36.4 Å². The summed E-state index contributed by atoms with van der Waals surface area (Å²) in [5.74, 6) is -3.02. The molecule has 0 spiro atoms. The van der Waals surface area contributed by atoms with Crippen molar-refractivity contribution in [3.05, 3.63) is 95.3 Å². The highest BCUT2D eigenvalue weighted by Gasteiger charge is 2.16. The largest absolute Gasteiger partial charge is 0.348 e. The van der Waals surface area contributed by atoms with E-state index in [9.17, 15) is 18.4 Å². The number of aromatic nitrogens is 1. The number of halogens is 2. The lowest BCUT2D eigenvalue weighted by Crippen LogP contribution is -2.24. The zero-order valence-electron chi connectivity index (χ0n) is 14.1. The number of anilines is 1. The number of carbonyl (C=O) groups is 2. The summed E-state index contributed by atoms with van der Waals surface area (Å²) < 4.78 is 27.3. The van der Waals surface area contributed by atoms with E-state index in [1.54, 1.807) is 0 Å². The molecule has 0 aliphatic rings. The molecule has 0 unspecified atom stereocenters. The molecule has 0 aliphatic carbocycles. The van der Waals surface area contributed by atoms with Crippen LogP contribution in [0.2, 0.25) is 0 Å². The second kappa shape index (κ2) is 8.18. The van der Waals surface area contributed by atoms with Crippen LogP contribution in [0.4, 0.5) is 14.5 Å². The molecule has 1 heterocycles. The number of para-hydroxylation sites is 1. The summed E-state index contributed by atoms with van der Waals surface area (Å²) in [6.45, 7) is 0.323. The van der Waals surface area contributed by atoms with Crippen molar-refractivity contribution in [1.29, 1.82) is 0 Å². The lowest BCUT2D eigenvalue weighted by atomic mass is 10.2. The van der Waals surface area contributed by atoms with Gasteiger partial charge in [0.05, 0.1) is 0 Å². The van der Waals surface area contributed by atoms with Gasteiger partial charge in [0.1, 0.15) is 23.0 Å². The molecule has 3 aromatic rings. The number of rotatable bonds is 5. The van der Waals surface area contributed by atoms with Crippen molar-refractivity contribution in [1.82, 2.24) is 10.3 Å². The van der Waals surface area contributed by atoms with Gasteiger partial charge < -0.3 is 10.6 Å². The van der Waals surface area contributed by atoms with Gasteiger partial charge >= 0.3 is 0 Å². The maximum Gasteiger partial charge on any atom is 0.274 e. The van der Waals surface area contributed by atoms with Gasteiger partial charge in [-0.25, -0.2) is 8.78 Å². The van der Waals surface area contributed by atoms with Gasteiger partial charge in [-0.3, -0.25) is 14.6 Å². The molecule has 27 heavy (non-hydrogen) atoms. The Balaban J connectivity index is 1.71. The Labute approximate surface area is 154 Å². The van der Waals surface area contributed by atoms with Crippen LogP contribution < -0.4 is 10.6 Å². The van der Waals surface area contributed by atoms with Crippen molar-refractivity contribution in [3.63, 3.8) is 0 Å². The zero-order valence-corrected chi connectivity index (χ0v) is 14.1. The zero-order chi connectivity index (χ0) is 19.2. The van der Waals surface area contributed by atoms with Crippen LogP contribution in [-0.2, 0) is 6.54 Å². The van der Waals surface area contributed by atoms with E-state index in [0.717, 1.165) is 17.7 Å². The molecule has 0 bridgehead atoms. The first-order chi connectivity index (χ1) is 13.0. The molecule has 0 fully saturated rings. The predicted octanol–water partition coefficient (Wildman–Crippen LogP) is 3.54. The number of amides is 2. The number of nitrogens with zero attached hydrogens (tertiary/aromatic N) is 1. The van der Waals surface area contributed by atoms with Crippen molar-refractivity contribution in [3.8, 4) is 0 Å². The van der Waals surface area contributed by atoms with Crippen molar-refractivity contribution in [2.75, 3.05) is 5.32 Å². The van der Waals surface area contributed by atoms with Crippen LogP contribution in [0, 0.1) is 11.6 Å². The van der Waals surface area contributed by atoms with E-state index in [-0.39, 0.29) is 11.3 Å². The summed E-state index contributed by atoms with van der Waals surface area (Å²) in [4.78, 5) is 28.4. The van der Waals surface area contributed by atoms with Gasteiger partial charge in [0, 0.05) is 18.3 Å². The highest BCUT2D eigenvalue weighted by molar-refractivity contribution is 6.04. The Morgan fingerprint density at radius 1 is 0.889 bits per heavy atom. The summed E-state index contributed by atoms with van der Waals surface area (Å²) in [6.07, 6.45) is 1.28. The van der Waals surface area contributed by atoms with Gasteiger partial charge in [0.15, 0.2) is 0 Å². The van der Waals surface area contributed by atoms with Crippen molar-refractivity contribution < 1.29 is 18.4 Å². The van der Waals surface area contributed by atoms with E-state index < -0.39 is 29.1 Å². The average Bonchev–Trinajstić information content (AvgIpc) is 2.70. The maximum atomic E-state index is 13.7. The fourth-order valence-electron chi connectivity index (χ4n) is 2.37. The van der Waals surface area contributed by atoms with Crippen molar-refractivity contribution >= 4 is 17.5 Å². The minimum atomic E-state index is -0.903. The number of hydrogen-bond acceptors (Lipinski definition) is 3. The highest BCUT2D eigenvalue weighted by Crippen LogP contribution is 2.18. The first-order valence-corrected chi connectivity index (χ1v) is 8.08. The first kappa shape index (κ1) is 18.2. The third-order valence-corrected chi connectivity index (χ3v) is 3.75. The van der Waals surface area contributed by atoms with Gasteiger partial charge in [-0.05, 0) is 29.8 Å². The first-order valence-electron chi connectivity index (χ1n) is 8.08. The molecule has 0 atom stereocenters. The molecular weight excluding hydrogens is 352 g/mol. The lowest BCUT2D eigenvalue weighted by Gasteiger charge is -2.09. The van der Waals surface area contributed by atoms with Crippen LogP contribution in [0.5, 0.6) is 0 Å². The standard InChI is InChI=1S/C20H15F2N3O2/c21-15-7-4-8-16(22)18(15)25-20(27)17-11-14(9-10-23-17)19(26)24-12-13-5-2-1-3-6-13/h1-11H,12H2,(H,24,26)(H,25,27). The van der Waals surface area contributed by atoms with Crippen molar-refractivity contribution in [2.24, 2.45) is 0 Å². The normalized spacial score (nSPS) is 10.3. The van der Waals surface area contributed by atoms with E-state index in [1.807, 2.05) is 30.3 Å². The third kappa shape index (κ3) is 4.52. The Morgan fingerprint density at radius 3 is 2.30 bits per heavy atom. The monoisotopic (exact) mass is 367 g/mol. The quantitative estimate of drug-likeness (QED) is 0.725. The maximum absolute atomic E-state index is 13.7. The molecule has 0 saturated heterocycles. The smallest absolute Gasteiger partial charge is 0.274 e. The summed E-state index contributed by atoms with van der Waals surface area (Å²) in [7, 11) is 0. The van der Waals surface area contributed by atoms with Crippen LogP contribution in [0.1, 0.15) is 26.4 Å². The average molecular weight is 367 g/mol. The Bertz CT molecular complexity index is 958. The Hall–Kier alpha value is -3.61. The molecule has 1 aromatic heterocycles. The topological polar surface area (TPSA) is 71.1 Å². The SMILES string of the molecule is O=C(NCc1ccccc1)c1ccnc(C(=O)Nc2c(F)cccc2F)c1. The Morgan fingerprint density at radius 2 is 1.59 bits per heavy atom. The van der Waals surface area contributed by atoms with Gasteiger partial charge in [0.2, 0.25) is 0 Å². The molecule has 2 aromatic carbocycles. The van der Waals surface area contributed by atoms with Crippen molar-refractivity contribution in [2.45, 2.75) is 6.54 Å². The minimum Gasteiger partial charge on any atom is -0.348 e. The van der Waals surface area contributed by atoms with Crippen LogP contribution >= 0.6 is 0 Å². The molecule has 2 amide bonds. The van der Waals surface area contributed by atoms with Crippen LogP contribution in [0.3, 0.4) is 0 Å². The van der Waals surface area contributed by atoms with E-state index in [1.165, 1.54) is 24.4 Å². The molecule has 0 aliphatic heterocycles. The second-order valence-corrected chi connectivity index (χ2v) is 5.65. The van der Waals surface area contributed by atoms with Crippen LogP contribution in [0.25, 0.3) is 0 Å². The predicted molar refractivity (Wildman–Crippen MR) is 96.2 cm³/mol. The van der Waals surface area contributed by atoms with Gasteiger partial charge in [-0.2, -0.15) is 0 Å². The molecule has 136 valence electrons. The highest BCUT2D eigenvalue weighted by atomic mass is 19.1. The fraction of sp³-hybridized carbons (Fsp3) is 0.0500. The van der Waals surface area contributed by atoms with Gasteiger partial charge in [0.25, 0.3) is 11.8 Å². The van der Waals surface area contributed by atoms with E-state index in [0.29, 0.717) is 6.54 Å². The number of pyridine rings is 1. The molecule has 0 saturated carbocycles. The molecule has 7 heteroatoms. The number of carbonyl (C=O) groups excluding carboxylic acids is 2. The summed E-state index contributed by atoms with van der Waals surface area (Å²) in [5.41, 5.74) is 0.432. The minimum absolute atomic E-state index is 0.134. The molecular formula is C20H15F2N3O2. The second-order valence-electron chi connectivity index (χ2n) is 5.65. The summed E-state index contributed by atoms with van der Waals surface area (Å²) >= 11 is 0. The molecule has 2 N–H and O–H groups in total. The van der Waals surface area contributed by atoms with E-state index in [2.05, 4.69) is 15.6 Å². The number of benzene rings is 2. The number of nitrogens with one attached hydrogen (secondary N) is 2. The van der Waals surface area contributed by atoms with Crippen LogP contribution in [-0.4, -0.2) is 16.8 Å². The molecule has 5 nitrogen and oxygen atoms in total. The third-order valence-electron chi connectivity index (χ3n) is 3.75. The fourth-order valence-corrected chi connectivity index (χ4v) is 2.37. The Kier molecular flexibility index (Phi) is 5.51. The van der Waals surface area contributed by atoms with Gasteiger partial charge in [-0.15, -0.1) is 0 Å².